The van der Waals surface area contributed by atoms with E-state index in [1.807, 2.05) is 24.3 Å². The van der Waals surface area contributed by atoms with Crippen molar-refractivity contribution in [2.24, 2.45) is 0 Å². The lowest BCUT2D eigenvalue weighted by atomic mass is 10.3. The Morgan fingerprint density at radius 3 is 3.00 bits per heavy atom. The van der Waals surface area contributed by atoms with Crippen LogP contribution in [0.15, 0.2) is 34.9 Å². The monoisotopic (exact) mass is 267 g/mol. The highest BCUT2D eigenvalue weighted by Crippen LogP contribution is 2.19. The van der Waals surface area contributed by atoms with E-state index in [0.29, 0.717) is 12.3 Å². The third kappa shape index (κ3) is 2.50. The Kier molecular flexibility index (Phi) is 2.91. The fourth-order valence-electron chi connectivity index (χ4n) is 1.15. The van der Waals surface area contributed by atoms with Crippen LogP contribution >= 0.6 is 15.9 Å². The Morgan fingerprint density at radius 1 is 1.47 bits per heavy atom. The van der Waals surface area contributed by atoms with E-state index in [0.717, 1.165) is 15.9 Å². The molecule has 2 aromatic rings. The third-order valence-electron chi connectivity index (χ3n) is 1.93. The van der Waals surface area contributed by atoms with Gasteiger partial charge in [-0.3, -0.25) is 5.10 Å². The number of ether oxygens (including phenoxy) is 1. The SMILES string of the molecule is Nc1cn[nH]c1COc1cccc(Br)c1. The number of nitrogen functional groups attached to an aromatic ring is 1. The summed E-state index contributed by atoms with van der Waals surface area (Å²) in [5.41, 5.74) is 7.05. The van der Waals surface area contributed by atoms with Gasteiger partial charge in [0.05, 0.1) is 17.6 Å². The predicted octanol–water partition coefficient (Wildman–Crippen LogP) is 2.33. The van der Waals surface area contributed by atoms with Gasteiger partial charge >= 0.3 is 0 Å². The van der Waals surface area contributed by atoms with Crippen LogP contribution in [0, 0.1) is 0 Å². The summed E-state index contributed by atoms with van der Waals surface area (Å²) in [4.78, 5) is 0. The molecule has 1 aromatic carbocycles. The number of aromatic amines is 1. The summed E-state index contributed by atoms with van der Waals surface area (Å²) in [7, 11) is 0. The molecule has 2 rings (SSSR count). The molecule has 0 unspecified atom stereocenters. The second-order valence-corrected chi connectivity index (χ2v) is 3.97. The maximum Gasteiger partial charge on any atom is 0.132 e. The van der Waals surface area contributed by atoms with Gasteiger partial charge in [0.2, 0.25) is 0 Å². The molecule has 0 aliphatic carbocycles. The van der Waals surface area contributed by atoms with Crippen molar-refractivity contribution < 1.29 is 4.74 Å². The molecule has 15 heavy (non-hydrogen) atoms. The lowest BCUT2D eigenvalue weighted by molar-refractivity contribution is 0.301. The van der Waals surface area contributed by atoms with E-state index >= 15 is 0 Å². The maximum absolute atomic E-state index is 5.65. The van der Waals surface area contributed by atoms with Gasteiger partial charge in [0.25, 0.3) is 0 Å². The second kappa shape index (κ2) is 4.35. The van der Waals surface area contributed by atoms with Crippen molar-refractivity contribution in [3.8, 4) is 5.75 Å². The average molecular weight is 268 g/mol. The van der Waals surface area contributed by atoms with Gasteiger partial charge in [-0.15, -0.1) is 0 Å². The molecular formula is C10H10BrN3O. The van der Waals surface area contributed by atoms with Crippen LogP contribution in [0.5, 0.6) is 5.75 Å². The number of hydrogen-bond donors (Lipinski definition) is 2. The Hall–Kier alpha value is -1.49. The Bertz CT molecular complexity index is 455. The zero-order valence-electron chi connectivity index (χ0n) is 7.90. The van der Waals surface area contributed by atoms with E-state index in [-0.39, 0.29) is 0 Å². The van der Waals surface area contributed by atoms with Gasteiger partial charge in [0.1, 0.15) is 12.4 Å². The molecule has 0 atom stereocenters. The zero-order chi connectivity index (χ0) is 10.7. The average Bonchev–Trinajstić information content (AvgIpc) is 2.61. The molecule has 0 fully saturated rings. The highest BCUT2D eigenvalue weighted by molar-refractivity contribution is 9.10. The standard InChI is InChI=1S/C10H10BrN3O/c11-7-2-1-3-8(4-7)15-6-10-9(12)5-13-14-10/h1-5H,6,12H2,(H,13,14). The maximum atomic E-state index is 5.65. The van der Waals surface area contributed by atoms with Gasteiger partial charge in [-0.05, 0) is 18.2 Å². The predicted molar refractivity (Wildman–Crippen MR) is 61.5 cm³/mol. The molecule has 0 radical (unpaired) electrons. The van der Waals surface area contributed by atoms with E-state index in [4.69, 9.17) is 10.5 Å². The molecule has 0 aliphatic heterocycles. The van der Waals surface area contributed by atoms with Crippen molar-refractivity contribution in [2.75, 3.05) is 5.73 Å². The summed E-state index contributed by atoms with van der Waals surface area (Å²) >= 11 is 3.37. The number of nitrogens with zero attached hydrogens (tertiary/aromatic N) is 1. The minimum atomic E-state index is 0.391. The van der Waals surface area contributed by atoms with Crippen LogP contribution in [0.2, 0.25) is 0 Å². The first-order chi connectivity index (χ1) is 7.25. The topological polar surface area (TPSA) is 63.9 Å². The molecule has 3 N–H and O–H groups in total. The van der Waals surface area contributed by atoms with Crippen molar-refractivity contribution in [3.05, 3.63) is 40.6 Å². The number of nitrogens with one attached hydrogen (secondary N) is 1. The largest absolute Gasteiger partial charge is 0.487 e. The van der Waals surface area contributed by atoms with Gasteiger partial charge in [-0.25, -0.2) is 0 Å². The van der Waals surface area contributed by atoms with E-state index in [9.17, 15) is 0 Å². The molecule has 0 spiro atoms. The quantitative estimate of drug-likeness (QED) is 0.897. The number of aromatic nitrogens is 2. The molecule has 0 aliphatic rings. The van der Waals surface area contributed by atoms with E-state index < -0.39 is 0 Å². The Labute approximate surface area is 95.6 Å². The van der Waals surface area contributed by atoms with Crippen molar-refractivity contribution in [2.45, 2.75) is 6.61 Å². The van der Waals surface area contributed by atoms with Crippen LogP contribution in [0.3, 0.4) is 0 Å². The first kappa shape index (κ1) is 10.0. The van der Waals surface area contributed by atoms with Crippen LogP contribution in [0.1, 0.15) is 5.69 Å². The molecule has 0 saturated carbocycles. The van der Waals surface area contributed by atoms with Crippen molar-refractivity contribution in [3.63, 3.8) is 0 Å². The molecule has 0 amide bonds. The summed E-state index contributed by atoms with van der Waals surface area (Å²) in [6.07, 6.45) is 1.57. The molecule has 1 heterocycles. The highest BCUT2D eigenvalue weighted by Gasteiger charge is 2.02. The van der Waals surface area contributed by atoms with Crippen LogP contribution < -0.4 is 10.5 Å². The molecule has 78 valence electrons. The van der Waals surface area contributed by atoms with Gasteiger partial charge in [0.15, 0.2) is 0 Å². The van der Waals surface area contributed by atoms with Crippen LogP contribution in [-0.2, 0) is 6.61 Å². The molecule has 4 nitrogen and oxygen atoms in total. The molecule has 1 aromatic heterocycles. The molecule has 5 heteroatoms. The van der Waals surface area contributed by atoms with E-state index in [1.165, 1.54) is 0 Å². The van der Waals surface area contributed by atoms with Crippen molar-refractivity contribution >= 4 is 21.6 Å². The van der Waals surface area contributed by atoms with Crippen LogP contribution in [0.4, 0.5) is 5.69 Å². The fraction of sp³-hybridized carbons (Fsp3) is 0.100. The molecule has 0 saturated heterocycles. The highest BCUT2D eigenvalue weighted by atomic mass is 79.9. The van der Waals surface area contributed by atoms with Gasteiger partial charge in [-0.1, -0.05) is 22.0 Å². The number of rotatable bonds is 3. The van der Waals surface area contributed by atoms with Gasteiger partial charge in [-0.2, -0.15) is 5.10 Å². The third-order valence-corrected chi connectivity index (χ3v) is 2.42. The minimum absolute atomic E-state index is 0.391. The lowest BCUT2D eigenvalue weighted by Crippen LogP contribution is -1.99. The number of benzene rings is 1. The summed E-state index contributed by atoms with van der Waals surface area (Å²) in [6.45, 7) is 0.391. The first-order valence-corrected chi connectivity index (χ1v) is 5.21. The number of anilines is 1. The fourth-order valence-corrected chi connectivity index (χ4v) is 1.53. The Morgan fingerprint density at radius 2 is 2.33 bits per heavy atom. The lowest BCUT2D eigenvalue weighted by Gasteiger charge is -2.05. The summed E-state index contributed by atoms with van der Waals surface area (Å²) in [5, 5.41) is 6.59. The first-order valence-electron chi connectivity index (χ1n) is 4.42. The minimum Gasteiger partial charge on any atom is -0.487 e. The van der Waals surface area contributed by atoms with Gasteiger partial charge < -0.3 is 10.5 Å². The normalized spacial score (nSPS) is 10.2. The van der Waals surface area contributed by atoms with Crippen LogP contribution in [-0.4, -0.2) is 10.2 Å². The number of hydrogen-bond acceptors (Lipinski definition) is 3. The number of H-pyrrole nitrogens is 1. The van der Waals surface area contributed by atoms with Crippen LogP contribution in [0.25, 0.3) is 0 Å². The smallest absolute Gasteiger partial charge is 0.132 e. The van der Waals surface area contributed by atoms with E-state index in [2.05, 4.69) is 26.1 Å². The summed E-state index contributed by atoms with van der Waals surface area (Å²) < 4.78 is 6.51. The summed E-state index contributed by atoms with van der Waals surface area (Å²) in [6, 6.07) is 7.64. The number of nitrogens with two attached hydrogens (primary N) is 1. The van der Waals surface area contributed by atoms with Crippen molar-refractivity contribution in [1.82, 2.24) is 10.2 Å². The summed E-state index contributed by atoms with van der Waals surface area (Å²) in [5.74, 6) is 0.790. The molecular weight excluding hydrogens is 258 g/mol. The second-order valence-electron chi connectivity index (χ2n) is 3.05. The molecule has 0 bridgehead atoms. The van der Waals surface area contributed by atoms with E-state index in [1.54, 1.807) is 6.20 Å². The Balaban J connectivity index is 2.02. The number of halogens is 1. The van der Waals surface area contributed by atoms with Crippen molar-refractivity contribution in [1.29, 1.82) is 0 Å². The van der Waals surface area contributed by atoms with Gasteiger partial charge in [0, 0.05) is 4.47 Å². The zero-order valence-corrected chi connectivity index (χ0v) is 9.49.